The van der Waals surface area contributed by atoms with Crippen molar-refractivity contribution in [1.29, 1.82) is 0 Å². The van der Waals surface area contributed by atoms with E-state index in [4.69, 9.17) is 18.9 Å². The number of rotatable bonds is 4. The molecule has 1 N–H and O–H groups in total. The van der Waals surface area contributed by atoms with E-state index < -0.39 is 6.09 Å². The molecule has 6 heteroatoms. The number of amides is 1. The fraction of sp³-hybridized carbons (Fsp3) is 0.462. The minimum absolute atomic E-state index is 0.156. The van der Waals surface area contributed by atoms with Crippen molar-refractivity contribution in [1.82, 2.24) is 5.32 Å². The van der Waals surface area contributed by atoms with Gasteiger partial charge in [0.1, 0.15) is 5.75 Å². The van der Waals surface area contributed by atoms with Gasteiger partial charge in [0, 0.05) is 18.1 Å². The SMILES string of the molecule is COc1cc(OC)c([C@H]2CCOC(=O)N2)cc1OC. The molecule has 0 spiro atoms. The van der Waals surface area contributed by atoms with E-state index in [0.717, 1.165) is 5.56 Å². The summed E-state index contributed by atoms with van der Waals surface area (Å²) >= 11 is 0. The first kappa shape index (κ1) is 13.3. The van der Waals surface area contributed by atoms with E-state index in [1.807, 2.05) is 6.07 Å². The molecule has 0 radical (unpaired) electrons. The molecule has 0 bridgehead atoms. The van der Waals surface area contributed by atoms with E-state index in [9.17, 15) is 4.79 Å². The minimum atomic E-state index is -0.423. The second-order valence-electron chi connectivity index (χ2n) is 4.07. The van der Waals surface area contributed by atoms with Crippen LogP contribution in [0.15, 0.2) is 12.1 Å². The Balaban J connectivity index is 2.39. The summed E-state index contributed by atoms with van der Waals surface area (Å²) in [5.74, 6) is 1.82. The molecule has 1 heterocycles. The maximum Gasteiger partial charge on any atom is 0.407 e. The fourth-order valence-electron chi connectivity index (χ4n) is 2.08. The van der Waals surface area contributed by atoms with Gasteiger partial charge in [-0.1, -0.05) is 0 Å². The van der Waals surface area contributed by atoms with Crippen LogP contribution in [0.3, 0.4) is 0 Å². The molecule has 0 aromatic heterocycles. The van der Waals surface area contributed by atoms with Crippen molar-refractivity contribution in [2.75, 3.05) is 27.9 Å². The lowest BCUT2D eigenvalue weighted by Gasteiger charge is -2.25. The summed E-state index contributed by atoms with van der Waals surface area (Å²) in [5.41, 5.74) is 0.844. The summed E-state index contributed by atoms with van der Waals surface area (Å²) in [5, 5.41) is 2.76. The predicted octanol–water partition coefficient (Wildman–Crippen LogP) is 1.88. The summed E-state index contributed by atoms with van der Waals surface area (Å²) in [6.07, 6.45) is 0.255. The van der Waals surface area contributed by atoms with Crippen LogP contribution in [0.1, 0.15) is 18.0 Å². The van der Waals surface area contributed by atoms with Gasteiger partial charge >= 0.3 is 6.09 Å². The number of nitrogens with one attached hydrogen (secondary N) is 1. The molecule has 0 unspecified atom stereocenters. The summed E-state index contributed by atoms with van der Waals surface area (Å²) in [6, 6.07) is 3.40. The van der Waals surface area contributed by atoms with E-state index in [0.29, 0.717) is 30.3 Å². The molecular formula is C13H17NO5. The van der Waals surface area contributed by atoms with Gasteiger partial charge in [0.05, 0.1) is 34.0 Å². The Hall–Kier alpha value is -2.11. The van der Waals surface area contributed by atoms with Crippen molar-refractivity contribution in [3.63, 3.8) is 0 Å². The molecule has 104 valence electrons. The van der Waals surface area contributed by atoms with Crippen LogP contribution in [0.4, 0.5) is 4.79 Å². The Bertz CT molecular complexity index is 474. The van der Waals surface area contributed by atoms with Gasteiger partial charge in [-0.25, -0.2) is 4.79 Å². The monoisotopic (exact) mass is 267 g/mol. The Morgan fingerprint density at radius 2 is 1.74 bits per heavy atom. The standard InChI is InChI=1S/C13H17NO5/c1-16-10-7-12(18-3)11(17-2)6-8(10)9-4-5-19-13(15)14-9/h6-7,9H,4-5H2,1-3H3,(H,14,15)/t9-/m1/s1. The van der Waals surface area contributed by atoms with Crippen molar-refractivity contribution < 1.29 is 23.7 Å². The molecule has 1 fully saturated rings. The van der Waals surface area contributed by atoms with Crippen LogP contribution in [0.5, 0.6) is 17.2 Å². The molecule has 1 amide bonds. The van der Waals surface area contributed by atoms with Gasteiger partial charge in [0.25, 0.3) is 0 Å². The zero-order valence-electron chi connectivity index (χ0n) is 11.2. The number of carbonyl (C=O) groups excluding carboxylic acids is 1. The van der Waals surface area contributed by atoms with Gasteiger partial charge in [-0.05, 0) is 6.07 Å². The maximum atomic E-state index is 11.3. The van der Waals surface area contributed by atoms with Gasteiger partial charge in [-0.2, -0.15) is 0 Å². The van der Waals surface area contributed by atoms with E-state index >= 15 is 0 Å². The lowest BCUT2D eigenvalue weighted by Crippen LogP contribution is -2.35. The quantitative estimate of drug-likeness (QED) is 0.902. The van der Waals surface area contributed by atoms with E-state index in [2.05, 4.69) is 5.32 Å². The van der Waals surface area contributed by atoms with Crippen molar-refractivity contribution in [3.05, 3.63) is 17.7 Å². The van der Waals surface area contributed by atoms with E-state index in [-0.39, 0.29) is 6.04 Å². The van der Waals surface area contributed by atoms with Gasteiger partial charge in [-0.3, -0.25) is 0 Å². The first-order valence-electron chi connectivity index (χ1n) is 5.92. The van der Waals surface area contributed by atoms with Crippen molar-refractivity contribution in [2.45, 2.75) is 12.5 Å². The van der Waals surface area contributed by atoms with Crippen molar-refractivity contribution in [3.8, 4) is 17.2 Å². The normalized spacial score (nSPS) is 18.3. The highest BCUT2D eigenvalue weighted by Gasteiger charge is 2.25. The number of ether oxygens (including phenoxy) is 4. The van der Waals surface area contributed by atoms with Gasteiger partial charge in [0.2, 0.25) is 0 Å². The van der Waals surface area contributed by atoms with E-state index in [1.165, 1.54) is 0 Å². The number of methoxy groups -OCH3 is 3. The van der Waals surface area contributed by atoms with Crippen LogP contribution in [-0.4, -0.2) is 34.0 Å². The number of alkyl carbamates (subject to hydrolysis) is 1. The largest absolute Gasteiger partial charge is 0.496 e. The summed E-state index contributed by atoms with van der Waals surface area (Å²) in [4.78, 5) is 11.3. The Morgan fingerprint density at radius 3 is 2.32 bits per heavy atom. The lowest BCUT2D eigenvalue weighted by atomic mass is 10.0. The van der Waals surface area contributed by atoms with Crippen LogP contribution >= 0.6 is 0 Å². The molecule has 19 heavy (non-hydrogen) atoms. The predicted molar refractivity (Wildman–Crippen MR) is 67.9 cm³/mol. The first-order valence-corrected chi connectivity index (χ1v) is 5.92. The molecule has 1 saturated heterocycles. The highest BCUT2D eigenvalue weighted by Crippen LogP contribution is 2.38. The third kappa shape index (κ3) is 2.67. The summed E-state index contributed by atoms with van der Waals surface area (Å²) < 4.78 is 20.7. The molecule has 1 aliphatic heterocycles. The second-order valence-corrected chi connectivity index (χ2v) is 4.07. The lowest BCUT2D eigenvalue weighted by molar-refractivity contribution is 0.115. The van der Waals surface area contributed by atoms with Crippen LogP contribution < -0.4 is 19.5 Å². The molecular weight excluding hydrogens is 250 g/mol. The number of benzene rings is 1. The zero-order chi connectivity index (χ0) is 13.8. The van der Waals surface area contributed by atoms with Crippen molar-refractivity contribution >= 4 is 6.09 Å². The Labute approximate surface area is 111 Å². The smallest absolute Gasteiger partial charge is 0.407 e. The third-order valence-corrected chi connectivity index (χ3v) is 3.04. The van der Waals surface area contributed by atoms with E-state index in [1.54, 1.807) is 27.4 Å². The Morgan fingerprint density at radius 1 is 1.11 bits per heavy atom. The molecule has 1 aliphatic rings. The topological polar surface area (TPSA) is 66.0 Å². The molecule has 2 rings (SSSR count). The highest BCUT2D eigenvalue weighted by atomic mass is 16.6. The fourth-order valence-corrected chi connectivity index (χ4v) is 2.08. The molecule has 1 aromatic rings. The third-order valence-electron chi connectivity index (χ3n) is 3.04. The Kier molecular flexibility index (Phi) is 3.99. The van der Waals surface area contributed by atoms with Gasteiger partial charge in [-0.15, -0.1) is 0 Å². The van der Waals surface area contributed by atoms with Gasteiger partial charge in [0.15, 0.2) is 11.5 Å². The van der Waals surface area contributed by atoms with Crippen LogP contribution in [0.2, 0.25) is 0 Å². The summed E-state index contributed by atoms with van der Waals surface area (Å²) in [6.45, 7) is 0.383. The number of hydrogen-bond donors (Lipinski definition) is 1. The van der Waals surface area contributed by atoms with Crippen LogP contribution in [0, 0.1) is 0 Å². The molecule has 6 nitrogen and oxygen atoms in total. The zero-order valence-corrected chi connectivity index (χ0v) is 11.2. The number of cyclic esters (lactones) is 1. The molecule has 1 atom stereocenters. The minimum Gasteiger partial charge on any atom is -0.496 e. The number of hydrogen-bond acceptors (Lipinski definition) is 5. The van der Waals surface area contributed by atoms with Crippen LogP contribution in [0.25, 0.3) is 0 Å². The highest BCUT2D eigenvalue weighted by molar-refractivity contribution is 5.69. The first-order chi connectivity index (χ1) is 9.19. The van der Waals surface area contributed by atoms with Crippen molar-refractivity contribution in [2.24, 2.45) is 0 Å². The molecule has 0 aliphatic carbocycles. The molecule has 0 saturated carbocycles. The average Bonchev–Trinajstić information content (AvgIpc) is 2.45. The second kappa shape index (κ2) is 5.69. The maximum absolute atomic E-state index is 11.3. The summed E-state index contributed by atoms with van der Waals surface area (Å²) in [7, 11) is 4.70. The van der Waals surface area contributed by atoms with Gasteiger partial charge < -0.3 is 24.3 Å². The number of carbonyl (C=O) groups is 1. The average molecular weight is 267 g/mol. The van der Waals surface area contributed by atoms with Crippen LogP contribution in [-0.2, 0) is 4.74 Å². The molecule has 1 aromatic carbocycles.